The first kappa shape index (κ1) is 8.94. The fourth-order valence-electron chi connectivity index (χ4n) is 1.22. The zero-order valence-corrected chi connectivity index (χ0v) is 8.12. The molecule has 1 aliphatic rings. The molecule has 1 heterocycles. The first-order valence-electron chi connectivity index (χ1n) is 3.97. The summed E-state index contributed by atoms with van der Waals surface area (Å²) in [6.07, 6.45) is 1.07. The van der Waals surface area contributed by atoms with Crippen LogP contribution >= 0.6 is 12.2 Å². The number of hydrogen-bond donors (Lipinski definition) is 1. The smallest absolute Gasteiger partial charge is 0.105 e. The van der Waals surface area contributed by atoms with E-state index in [1.807, 2.05) is 6.92 Å². The van der Waals surface area contributed by atoms with Crippen molar-refractivity contribution in [1.29, 1.82) is 0 Å². The minimum atomic E-state index is -0.0347. The molecule has 0 aromatic carbocycles. The lowest BCUT2D eigenvalue weighted by molar-refractivity contribution is -0.0332. The lowest BCUT2D eigenvalue weighted by Gasteiger charge is -2.24. The van der Waals surface area contributed by atoms with Gasteiger partial charge in [-0.1, -0.05) is 12.2 Å². The first-order chi connectivity index (χ1) is 5.01. The number of rotatable bonds is 0. The Morgan fingerprint density at radius 2 is 2.27 bits per heavy atom. The topological polar surface area (TPSA) is 21.3 Å². The third-order valence-electron chi connectivity index (χ3n) is 1.89. The lowest BCUT2D eigenvalue weighted by Crippen LogP contribution is -2.32. The van der Waals surface area contributed by atoms with Crippen molar-refractivity contribution in [2.45, 2.75) is 38.9 Å². The van der Waals surface area contributed by atoms with Crippen LogP contribution < -0.4 is 5.32 Å². The molecule has 1 N–H and O–H groups in total. The number of nitrogens with one attached hydrogen (secondary N) is 1. The molecule has 0 spiro atoms. The fraction of sp³-hybridized carbons (Fsp3) is 0.875. The van der Waals surface area contributed by atoms with Gasteiger partial charge in [0.15, 0.2) is 0 Å². The monoisotopic (exact) mass is 173 g/mol. The molecule has 2 nitrogen and oxygen atoms in total. The molecule has 1 atom stereocenters. The summed E-state index contributed by atoms with van der Waals surface area (Å²) in [6, 6.07) is 0. The second-order valence-electron chi connectivity index (χ2n) is 3.56. The SMILES string of the molecule is CC1OC(C)(C)CCNC1=S. The van der Waals surface area contributed by atoms with E-state index in [2.05, 4.69) is 19.2 Å². The molecule has 11 heavy (non-hydrogen) atoms. The Labute approximate surface area is 73.3 Å². The molecule has 1 fully saturated rings. The second kappa shape index (κ2) is 3.07. The van der Waals surface area contributed by atoms with E-state index in [1.165, 1.54) is 0 Å². The summed E-state index contributed by atoms with van der Waals surface area (Å²) in [4.78, 5) is 0.829. The molecule has 0 radical (unpaired) electrons. The first-order valence-corrected chi connectivity index (χ1v) is 4.38. The van der Waals surface area contributed by atoms with Crippen molar-refractivity contribution in [3.8, 4) is 0 Å². The minimum absolute atomic E-state index is 0.0347. The fourth-order valence-corrected chi connectivity index (χ4v) is 1.37. The van der Waals surface area contributed by atoms with E-state index < -0.39 is 0 Å². The van der Waals surface area contributed by atoms with Gasteiger partial charge in [0.1, 0.15) is 11.1 Å². The van der Waals surface area contributed by atoms with E-state index in [0.29, 0.717) is 0 Å². The highest BCUT2D eigenvalue weighted by atomic mass is 32.1. The van der Waals surface area contributed by atoms with Crippen LogP contribution in [-0.4, -0.2) is 23.2 Å². The zero-order chi connectivity index (χ0) is 8.48. The average molecular weight is 173 g/mol. The van der Waals surface area contributed by atoms with E-state index in [-0.39, 0.29) is 11.7 Å². The molecule has 0 aromatic rings. The molecule has 1 unspecified atom stereocenters. The van der Waals surface area contributed by atoms with Crippen LogP contribution in [0, 0.1) is 0 Å². The summed E-state index contributed by atoms with van der Waals surface area (Å²) in [5.74, 6) is 0. The molecule has 1 aliphatic heterocycles. The standard InChI is InChI=1S/C8H15NOS/c1-6-7(11)9-5-4-8(2,3)10-6/h6H,4-5H2,1-3H3,(H,9,11). The van der Waals surface area contributed by atoms with Crippen LogP contribution in [-0.2, 0) is 4.74 Å². The molecule has 64 valence electrons. The van der Waals surface area contributed by atoms with E-state index >= 15 is 0 Å². The number of ether oxygens (including phenoxy) is 1. The van der Waals surface area contributed by atoms with Crippen LogP contribution in [0.2, 0.25) is 0 Å². The summed E-state index contributed by atoms with van der Waals surface area (Å²) in [6.45, 7) is 7.11. The van der Waals surface area contributed by atoms with E-state index in [9.17, 15) is 0 Å². The van der Waals surface area contributed by atoms with Gasteiger partial charge in [-0.2, -0.15) is 0 Å². The Hall–Kier alpha value is -0.150. The molecule has 0 bridgehead atoms. The molecular weight excluding hydrogens is 158 g/mol. The zero-order valence-electron chi connectivity index (χ0n) is 7.31. The predicted octanol–water partition coefficient (Wildman–Crippen LogP) is 1.49. The summed E-state index contributed by atoms with van der Waals surface area (Å²) < 4.78 is 5.71. The lowest BCUT2D eigenvalue weighted by atomic mass is 10.1. The van der Waals surface area contributed by atoms with Crippen LogP contribution in [0.4, 0.5) is 0 Å². The van der Waals surface area contributed by atoms with Crippen LogP contribution in [0.3, 0.4) is 0 Å². The largest absolute Gasteiger partial charge is 0.377 e. The molecule has 0 amide bonds. The van der Waals surface area contributed by atoms with Crippen molar-refractivity contribution in [1.82, 2.24) is 5.32 Å². The Morgan fingerprint density at radius 1 is 1.64 bits per heavy atom. The Kier molecular flexibility index (Phi) is 2.50. The van der Waals surface area contributed by atoms with Gasteiger partial charge in [-0.25, -0.2) is 0 Å². The molecule has 1 saturated heterocycles. The van der Waals surface area contributed by atoms with Gasteiger partial charge in [0, 0.05) is 6.54 Å². The van der Waals surface area contributed by atoms with Crippen molar-refractivity contribution in [2.75, 3.05) is 6.54 Å². The van der Waals surface area contributed by atoms with Crippen molar-refractivity contribution < 1.29 is 4.74 Å². The third kappa shape index (κ3) is 2.42. The van der Waals surface area contributed by atoms with E-state index in [0.717, 1.165) is 18.0 Å². The van der Waals surface area contributed by atoms with Crippen molar-refractivity contribution in [2.24, 2.45) is 0 Å². The maximum absolute atomic E-state index is 5.71. The van der Waals surface area contributed by atoms with Gasteiger partial charge < -0.3 is 10.1 Å². The van der Waals surface area contributed by atoms with Gasteiger partial charge in [0.05, 0.1) is 5.60 Å². The molecule has 0 aromatic heterocycles. The molecular formula is C8H15NOS. The van der Waals surface area contributed by atoms with Gasteiger partial charge in [-0.3, -0.25) is 0 Å². The van der Waals surface area contributed by atoms with Crippen molar-refractivity contribution in [3.63, 3.8) is 0 Å². The third-order valence-corrected chi connectivity index (χ3v) is 2.37. The summed E-state index contributed by atoms with van der Waals surface area (Å²) in [7, 11) is 0. The molecule has 0 aliphatic carbocycles. The van der Waals surface area contributed by atoms with Gasteiger partial charge in [-0.05, 0) is 27.2 Å². The maximum atomic E-state index is 5.71. The van der Waals surface area contributed by atoms with Gasteiger partial charge in [-0.15, -0.1) is 0 Å². The maximum Gasteiger partial charge on any atom is 0.105 e. The van der Waals surface area contributed by atoms with Crippen molar-refractivity contribution >= 4 is 17.2 Å². The van der Waals surface area contributed by atoms with Crippen LogP contribution in [0.5, 0.6) is 0 Å². The van der Waals surface area contributed by atoms with Crippen LogP contribution in [0.25, 0.3) is 0 Å². The molecule has 3 heteroatoms. The Morgan fingerprint density at radius 3 is 2.91 bits per heavy atom. The van der Waals surface area contributed by atoms with Gasteiger partial charge in [0.25, 0.3) is 0 Å². The minimum Gasteiger partial charge on any atom is -0.377 e. The highest BCUT2D eigenvalue weighted by molar-refractivity contribution is 7.80. The van der Waals surface area contributed by atoms with E-state index in [4.69, 9.17) is 17.0 Å². The van der Waals surface area contributed by atoms with Crippen molar-refractivity contribution in [3.05, 3.63) is 0 Å². The van der Waals surface area contributed by atoms with Crippen LogP contribution in [0.1, 0.15) is 27.2 Å². The number of thiocarbonyl (C=S) groups is 1. The molecule has 1 rings (SSSR count). The predicted molar refractivity (Wildman–Crippen MR) is 49.8 cm³/mol. The summed E-state index contributed by atoms with van der Waals surface area (Å²) in [5.41, 5.74) is -0.0347. The summed E-state index contributed by atoms with van der Waals surface area (Å²) in [5, 5.41) is 3.16. The van der Waals surface area contributed by atoms with Gasteiger partial charge >= 0.3 is 0 Å². The Balaban J connectivity index is 2.63. The second-order valence-corrected chi connectivity index (χ2v) is 4.00. The quantitative estimate of drug-likeness (QED) is 0.561. The van der Waals surface area contributed by atoms with Crippen LogP contribution in [0.15, 0.2) is 0 Å². The summed E-state index contributed by atoms with van der Waals surface area (Å²) >= 11 is 5.08. The number of hydrogen-bond acceptors (Lipinski definition) is 2. The normalized spacial score (nSPS) is 30.8. The average Bonchev–Trinajstić information content (AvgIpc) is 1.93. The Bertz CT molecular complexity index is 167. The molecule has 0 saturated carbocycles. The van der Waals surface area contributed by atoms with Gasteiger partial charge in [0.2, 0.25) is 0 Å². The highest BCUT2D eigenvalue weighted by Crippen LogP contribution is 2.18. The highest BCUT2D eigenvalue weighted by Gasteiger charge is 2.26. The van der Waals surface area contributed by atoms with E-state index in [1.54, 1.807) is 0 Å².